The van der Waals surface area contributed by atoms with Crippen LogP contribution in [0.1, 0.15) is 36.7 Å². The predicted molar refractivity (Wildman–Crippen MR) is 83.3 cm³/mol. The van der Waals surface area contributed by atoms with Crippen LogP contribution in [-0.4, -0.2) is 12.6 Å². The number of halogens is 1. The maximum absolute atomic E-state index is 11.8. The first kappa shape index (κ1) is 15.8. The van der Waals surface area contributed by atoms with Gasteiger partial charge in [-0.05, 0) is 25.5 Å². The van der Waals surface area contributed by atoms with E-state index in [2.05, 4.69) is 0 Å². The van der Waals surface area contributed by atoms with Crippen LogP contribution in [0.3, 0.4) is 0 Å². The van der Waals surface area contributed by atoms with E-state index in [0.29, 0.717) is 22.2 Å². The van der Waals surface area contributed by atoms with Gasteiger partial charge < -0.3 is 10.5 Å². The summed E-state index contributed by atoms with van der Waals surface area (Å²) in [6.45, 7) is 8.02. The van der Waals surface area contributed by atoms with Gasteiger partial charge in [0.2, 0.25) is 0 Å². The van der Waals surface area contributed by atoms with Gasteiger partial charge in [0, 0.05) is 15.1 Å². The molecule has 0 unspecified atom stereocenters. The molecule has 0 spiro atoms. The maximum atomic E-state index is 11.8. The third-order valence-corrected chi connectivity index (χ3v) is 4.11. The molecule has 0 atom stereocenters. The van der Waals surface area contributed by atoms with E-state index in [4.69, 9.17) is 22.1 Å². The zero-order valence-corrected chi connectivity index (χ0v) is 13.1. The number of anilines is 1. The number of benzene rings is 1. The fraction of sp³-hybridized carbons (Fsp3) is 0.357. The molecule has 19 heavy (non-hydrogen) atoms. The Morgan fingerprint density at radius 1 is 1.42 bits per heavy atom. The van der Waals surface area contributed by atoms with Crippen molar-refractivity contribution >= 4 is 44.0 Å². The van der Waals surface area contributed by atoms with E-state index in [1.54, 1.807) is 13.0 Å². The molecule has 1 aromatic heterocycles. The minimum Gasteiger partial charge on any atom is -0.462 e. The zero-order chi connectivity index (χ0) is 14.6. The molecule has 0 aliphatic carbocycles. The number of carbonyl (C=O) groups excluding carboxylic acids is 1. The normalized spacial score (nSPS) is 9.95. The maximum Gasteiger partial charge on any atom is 0.341 e. The number of rotatable bonds is 2. The van der Waals surface area contributed by atoms with Crippen LogP contribution >= 0.6 is 22.9 Å². The van der Waals surface area contributed by atoms with Crippen LogP contribution in [0, 0.1) is 6.92 Å². The molecular weight excluding hydrogens is 282 g/mol. The first-order chi connectivity index (χ1) is 9.06. The largest absolute Gasteiger partial charge is 0.462 e. The number of aryl methyl sites for hydroxylation is 1. The summed E-state index contributed by atoms with van der Waals surface area (Å²) in [5, 5.41) is 1.96. The van der Waals surface area contributed by atoms with Crippen LogP contribution < -0.4 is 5.73 Å². The van der Waals surface area contributed by atoms with Crippen molar-refractivity contribution in [3.05, 3.63) is 28.3 Å². The molecular formula is C14H18ClNO2S. The molecule has 3 nitrogen and oxygen atoms in total. The molecule has 0 saturated heterocycles. The van der Waals surface area contributed by atoms with E-state index in [9.17, 15) is 4.79 Å². The lowest BCUT2D eigenvalue weighted by atomic mass is 10.1. The van der Waals surface area contributed by atoms with E-state index < -0.39 is 0 Å². The summed E-state index contributed by atoms with van der Waals surface area (Å²) in [5.74, 6) is -0.377. The summed E-state index contributed by atoms with van der Waals surface area (Å²) >= 11 is 7.41. The number of carbonyl (C=O) groups is 1. The average Bonchev–Trinajstić information content (AvgIpc) is 2.74. The monoisotopic (exact) mass is 299 g/mol. The fourth-order valence-electron chi connectivity index (χ4n) is 1.70. The molecule has 0 amide bonds. The second-order valence-corrected chi connectivity index (χ2v) is 5.07. The SMILES string of the molecule is CC.CCOC(=O)c1c(N)sc2c(C)c(Cl)ccc12. The van der Waals surface area contributed by atoms with Crippen molar-refractivity contribution in [1.29, 1.82) is 0 Å². The fourth-order valence-corrected chi connectivity index (χ4v) is 2.98. The molecule has 0 aliphatic heterocycles. The van der Waals surface area contributed by atoms with Gasteiger partial charge in [-0.15, -0.1) is 11.3 Å². The molecule has 0 aliphatic rings. The Hall–Kier alpha value is -1.26. The number of nitrogen functional groups attached to an aromatic ring is 1. The molecule has 0 bridgehead atoms. The number of hydrogen-bond acceptors (Lipinski definition) is 4. The van der Waals surface area contributed by atoms with Crippen molar-refractivity contribution in [2.45, 2.75) is 27.7 Å². The third kappa shape index (κ3) is 3.01. The van der Waals surface area contributed by atoms with Crippen molar-refractivity contribution in [2.24, 2.45) is 0 Å². The molecule has 2 N–H and O–H groups in total. The Labute approximate surface area is 122 Å². The average molecular weight is 300 g/mol. The number of ether oxygens (including phenoxy) is 1. The van der Waals surface area contributed by atoms with Gasteiger partial charge in [-0.25, -0.2) is 4.79 Å². The Morgan fingerprint density at radius 3 is 2.63 bits per heavy atom. The molecule has 0 fully saturated rings. The van der Waals surface area contributed by atoms with Gasteiger partial charge >= 0.3 is 5.97 Å². The van der Waals surface area contributed by atoms with Gasteiger partial charge in [-0.1, -0.05) is 31.5 Å². The number of nitrogens with two attached hydrogens (primary N) is 1. The van der Waals surface area contributed by atoms with Crippen molar-refractivity contribution in [1.82, 2.24) is 0 Å². The minimum atomic E-state index is -0.377. The molecule has 1 aromatic carbocycles. The number of esters is 1. The van der Waals surface area contributed by atoms with Crippen LogP contribution in [-0.2, 0) is 4.74 Å². The second kappa shape index (κ2) is 6.78. The number of hydrogen-bond donors (Lipinski definition) is 1. The van der Waals surface area contributed by atoms with E-state index >= 15 is 0 Å². The summed E-state index contributed by atoms with van der Waals surface area (Å²) in [7, 11) is 0. The van der Waals surface area contributed by atoms with Gasteiger partial charge in [0.25, 0.3) is 0 Å². The van der Waals surface area contributed by atoms with Crippen LogP contribution in [0.4, 0.5) is 5.00 Å². The van der Waals surface area contributed by atoms with E-state index in [-0.39, 0.29) is 5.97 Å². The topological polar surface area (TPSA) is 52.3 Å². The summed E-state index contributed by atoms with van der Waals surface area (Å²) in [4.78, 5) is 11.8. The van der Waals surface area contributed by atoms with Crippen molar-refractivity contribution in [3.8, 4) is 0 Å². The van der Waals surface area contributed by atoms with Crippen LogP contribution in [0.2, 0.25) is 5.02 Å². The molecule has 2 rings (SSSR count). The number of fused-ring (bicyclic) bond motifs is 1. The lowest BCUT2D eigenvalue weighted by Gasteiger charge is -2.02. The van der Waals surface area contributed by atoms with Crippen LogP contribution in [0.25, 0.3) is 10.1 Å². The summed E-state index contributed by atoms with van der Waals surface area (Å²) < 4.78 is 5.94. The molecule has 2 aromatic rings. The van der Waals surface area contributed by atoms with Crippen molar-refractivity contribution < 1.29 is 9.53 Å². The van der Waals surface area contributed by atoms with Gasteiger partial charge in [-0.3, -0.25) is 0 Å². The molecule has 1 heterocycles. The Balaban J connectivity index is 0.000000861. The van der Waals surface area contributed by atoms with Crippen molar-refractivity contribution in [3.63, 3.8) is 0 Å². The highest BCUT2D eigenvalue weighted by atomic mass is 35.5. The number of thiophene rings is 1. The predicted octanol–water partition coefficient (Wildman–Crippen LogP) is 4.65. The first-order valence-corrected chi connectivity index (χ1v) is 7.40. The Bertz CT molecular complexity index is 593. The lowest BCUT2D eigenvalue weighted by Crippen LogP contribution is -2.06. The minimum absolute atomic E-state index is 0.336. The zero-order valence-electron chi connectivity index (χ0n) is 11.5. The van der Waals surface area contributed by atoms with Gasteiger partial charge in [0.1, 0.15) is 10.6 Å². The molecule has 5 heteroatoms. The van der Waals surface area contributed by atoms with E-state index in [0.717, 1.165) is 15.6 Å². The van der Waals surface area contributed by atoms with Crippen molar-refractivity contribution in [2.75, 3.05) is 12.3 Å². The smallest absolute Gasteiger partial charge is 0.341 e. The molecule has 0 radical (unpaired) electrons. The third-order valence-electron chi connectivity index (χ3n) is 2.55. The van der Waals surface area contributed by atoms with Crippen LogP contribution in [0.5, 0.6) is 0 Å². The first-order valence-electron chi connectivity index (χ1n) is 6.20. The highest BCUT2D eigenvalue weighted by molar-refractivity contribution is 7.23. The van der Waals surface area contributed by atoms with E-state index in [1.165, 1.54) is 11.3 Å². The lowest BCUT2D eigenvalue weighted by molar-refractivity contribution is 0.0530. The summed E-state index contributed by atoms with van der Waals surface area (Å²) in [5.41, 5.74) is 7.27. The highest BCUT2D eigenvalue weighted by Crippen LogP contribution is 2.38. The highest BCUT2D eigenvalue weighted by Gasteiger charge is 2.19. The Kier molecular flexibility index (Phi) is 5.63. The Morgan fingerprint density at radius 2 is 2.05 bits per heavy atom. The second-order valence-electron chi connectivity index (χ2n) is 3.61. The standard InChI is InChI=1S/C12H12ClNO2S.C2H6/c1-3-16-12(15)9-7-4-5-8(13)6(2)10(7)17-11(9)14;1-2/h4-5H,3,14H2,1-2H3;1-2H3. The van der Waals surface area contributed by atoms with Gasteiger partial charge in [0.15, 0.2) is 0 Å². The van der Waals surface area contributed by atoms with Gasteiger partial charge in [0.05, 0.1) is 6.61 Å². The van der Waals surface area contributed by atoms with Gasteiger partial charge in [-0.2, -0.15) is 0 Å². The summed E-state index contributed by atoms with van der Waals surface area (Å²) in [6, 6.07) is 3.58. The molecule has 104 valence electrons. The quantitative estimate of drug-likeness (QED) is 0.821. The van der Waals surface area contributed by atoms with Crippen LogP contribution in [0.15, 0.2) is 12.1 Å². The van der Waals surface area contributed by atoms with E-state index in [1.807, 2.05) is 26.8 Å². The summed E-state index contributed by atoms with van der Waals surface area (Å²) in [6.07, 6.45) is 0. The molecule has 0 saturated carbocycles.